The fraction of sp³-hybridized carbons (Fsp3) is 0.522. The minimum atomic E-state index is -1.47. The van der Waals surface area contributed by atoms with Gasteiger partial charge in [-0.1, -0.05) is 0 Å². The third-order valence-electron chi connectivity index (χ3n) is 5.29. The molecule has 1 amide bonds. The number of halogens is 1. The first-order chi connectivity index (χ1) is 15.4. The molecule has 9 nitrogen and oxygen atoms in total. The van der Waals surface area contributed by atoms with Crippen molar-refractivity contribution in [2.45, 2.75) is 58.3 Å². The number of methoxy groups -OCH3 is 1. The number of fused-ring (bicyclic) bond motifs is 1. The van der Waals surface area contributed by atoms with Crippen molar-refractivity contribution in [3.8, 4) is 17.4 Å². The van der Waals surface area contributed by atoms with Gasteiger partial charge in [0.05, 0.1) is 30.3 Å². The van der Waals surface area contributed by atoms with Gasteiger partial charge in [-0.2, -0.15) is 0 Å². The van der Waals surface area contributed by atoms with Crippen LogP contribution in [0.5, 0.6) is 17.4 Å². The van der Waals surface area contributed by atoms with Crippen molar-refractivity contribution in [2.75, 3.05) is 20.3 Å². The number of benzene rings is 1. The van der Waals surface area contributed by atoms with Crippen molar-refractivity contribution in [3.63, 3.8) is 0 Å². The first-order valence-corrected chi connectivity index (χ1v) is 11.4. The molecule has 3 rings (SSSR count). The van der Waals surface area contributed by atoms with Gasteiger partial charge in [0.1, 0.15) is 28.7 Å². The lowest BCUT2D eigenvalue weighted by atomic mass is 9.98. The number of aliphatic carboxylic acids is 1. The fourth-order valence-electron chi connectivity index (χ4n) is 3.73. The van der Waals surface area contributed by atoms with Crippen LogP contribution in [-0.2, 0) is 9.53 Å². The molecule has 1 aliphatic rings. The number of carboxylic acids is 1. The second-order valence-electron chi connectivity index (χ2n) is 9.01. The number of rotatable bonds is 6. The first kappa shape index (κ1) is 24.9. The molecule has 10 heteroatoms. The number of likely N-dealkylation sites (tertiary alicyclic amines) is 1. The quantitative estimate of drug-likeness (QED) is 0.582. The molecule has 0 bridgehead atoms. The summed E-state index contributed by atoms with van der Waals surface area (Å²) in [6.07, 6.45) is -1.19. The third kappa shape index (κ3) is 5.26. The van der Waals surface area contributed by atoms with E-state index in [2.05, 4.69) is 20.9 Å². The van der Waals surface area contributed by atoms with Crippen LogP contribution in [0.4, 0.5) is 4.79 Å². The maximum atomic E-state index is 12.8. The van der Waals surface area contributed by atoms with Gasteiger partial charge in [0, 0.05) is 23.9 Å². The Morgan fingerprint density at radius 1 is 1.27 bits per heavy atom. The van der Waals surface area contributed by atoms with Crippen LogP contribution >= 0.6 is 15.9 Å². The van der Waals surface area contributed by atoms with Gasteiger partial charge in [0.25, 0.3) is 0 Å². The summed E-state index contributed by atoms with van der Waals surface area (Å²) < 4.78 is 23.4. The van der Waals surface area contributed by atoms with Gasteiger partial charge in [-0.25, -0.2) is 14.6 Å². The summed E-state index contributed by atoms with van der Waals surface area (Å²) >= 11 is 3.48. The Hall–Kier alpha value is -2.75. The van der Waals surface area contributed by atoms with Crippen molar-refractivity contribution < 1.29 is 33.6 Å². The molecular weight excluding hydrogens is 496 g/mol. The SMILES string of the molecule is CCOc1cc(O[C@H]2CN(C(=O)OC(C)(C)C)[C@](C)(C(=O)O)C2)c2cc(Br)c(OC)cc2n1. The maximum Gasteiger partial charge on any atom is 0.411 e. The zero-order valence-electron chi connectivity index (χ0n) is 19.6. The smallest absolute Gasteiger partial charge is 0.411 e. The maximum absolute atomic E-state index is 12.8. The average molecular weight is 525 g/mol. The molecule has 0 aliphatic carbocycles. The molecule has 2 atom stereocenters. The van der Waals surface area contributed by atoms with E-state index < -0.39 is 29.3 Å². The number of pyridine rings is 1. The molecule has 1 N–H and O–H groups in total. The van der Waals surface area contributed by atoms with Gasteiger partial charge in [-0.05, 0) is 56.6 Å². The molecule has 1 aliphatic heterocycles. The van der Waals surface area contributed by atoms with E-state index in [-0.39, 0.29) is 13.0 Å². The highest BCUT2D eigenvalue weighted by molar-refractivity contribution is 9.10. The molecule has 1 fully saturated rings. The minimum absolute atomic E-state index is 0.0584. The van der Waals surface area contributed by atoms with Gasteiger partial charge in [0.2, 0.25) is 5.88 Å². The van der Waals surface area contributed by atoms with Crippen molar-refractivity contribution in [1.82, 2.24) is 9.88 Å². The standard InChI is InChI=1S/C23H29BrN2O7/c1-7-31-19-10-17(14-8-15(24)18(30-6)9-16(14)25-19)32-13-11-23(5,20(27)28)26(12-13)21(29)33-22(2,3)4/h8-10,13H,7,11-12H2,1-6H3,(H,27,28)/t13-,23+/m1/s1. The lowest BCUT2D eigenvalue weighted by molar-refractivity contribution is -0.148. The van der Waals surface area contributed by atoms with Gasteiger partial charge in [-0.3, -0.25) is 4.90 Å². The van der Waals surface area contributed by atoms with Crippen molar-refractivity contribution in [2.24, 2.45) is 0 Å². The Bertz CT molecular complexity index is 1070. The highest BCUT2D eigenvalue weighted by atomic mass is 79.9. The Kier molecular flexibility index (Phi) is 6.97. The monoisotopic (exact) mass is 524 g/mol. The summed E-state index contributed by atoms with van der Waals surface area (Å²) in [6.45, 7) is 9.02. The lowest BCUT2D eigenvalue weighted by Crippen LogP contribution is -2.52. The van der Waals surface area contributed by atoms with E-state index >= 15 is 0 Å². The van der Waals surface area contributed by atoms with Crippen LogP contribution in [0.15, 0.2) is 22.7 Å². The number of nitrogens with zero attached hydrogens (tertiary/aromatic N) is 2. The van der Waals surface area contributed by atoms with Gasteiger partial charge < -0.3 is 24.1 Å². The molecule has 0 radical (unpaired) electrons. The van der Waals surface area contributed by atoms with Gasteiger partial charge >= 0.3 is 12.1 Å². The minimum Gasteiger partial charge on any atom is -0.495 e. The number of ether oxygens (including phenoxy) is 4. The van der Waals surface area contributed by atoms with Crippen LogP contribution in [0.3, 0.4) is 0 Å². The molecule has 2 aromatic rings. The summed E-state index contributed by atoms with van der Waals surface area (Å²) in [5.41, 5.74) is -1.63. The van der Waals surface area contributed by atoms with E-state index in [1.54, 1.807) is 40.0 Å². The predicted octanol–water partition coefficient (Wildman–Crippen LogP) is 4.64. The van der Waals surface area contributed by atoms with Crippen LogP contribution in [0, 0.1) is 0 Å². The molecule has 0 spiro atoms. The number of hydrogen-bond donors (Lipinski definition) is 1. The molecule has 0 unspecified atom stereocenters. The van der Waals surface area contributed by atoms with Crippen LogP contribution in [0.2, 0.25) is 0 Å². The van der Waals surface area contributed by atoms with Crippen LogP contribution in [0.25, 0.3) is 10.9 Å². The Labute approximate surface area is 201 Å². The van der Waals surface area contributed by atoms with Crippen molar-refractivity contribution in [1.29, 1.82) is 0 Å². The fourth-order valence-corrected chi connectivity index (χ4v) is 4.23. The molecule has 1 aromatic carbocycles. The van der Waals surface area contributed by atoms with Crippen molar-refractivity contribution in [3.05, 3.63) is 22.7 Å². The number of hydrogen-bond acceptors (Lipinski definition) is 7. The number of carbonyl (C=O) groups is 2. The highest BCUT2D eigenvalue weighted by Gasteiger charge is 2.52. The second-order valence-corrected chi connectivity index (χ2v) is 9.86. The molecule has 33 heavy (non-hydrogen) atoms. The van der Waals surface area contributed by atoms with Gasteiger partial charge in [0.15, 0.2) is 0 Å². The third-order valence-corrected chi connectivity index (χ3v) is 5.91. The van der Waals surface area contributed by atoms with E-state index in [1.165, 1.54) is 11.8 Å². The van der Waals surface area contributed by atoms with Crippen molar-refractivity contribution >= 4 is 38.9 Å². The number of aromatic nitrogens is 1. The van der Waals surface area contributed by atoms with E-state index in [4.69, 9.17) is 18.9 Å². The molecule has 0 saturated carbocycles. The Morgan fingerprint density at radius 3 is 2.55 bits per heavy atom. The molecule has 2 heterocycles. The number of carboxylic acid groups (broad SMARTS) is 1. The zero-order chi connectivity index (χ0) is 24.6. The number of amides is 1. The topological polar surface area (TPSA) is 107 Å². The summed E-state index contributed by atoms with van der Waals surface area (Å²) in [6, 6.07) is 5.25. The van der Waals surface area contributed by atoms with E-state index in [9.17, 15) is 14.7 Å². The second kappa shape index (κ2) is 9.24. The van der Waals surface area contributed by atoms with E-state index in [0.29, 0.717) is 39.4 Å². The normalized spacial score (nSPS) is 20.6. The lowest BCUT2D eigenvalue weighted by Gasteiger charge is -2.32. The average Bonchev–Trinajstić information content (AvgIpc) is 3.05. The first-order valence-electron chi connectivity index (χ1n) is 10.6. The van der Waals surface area contributed by atoms with Gasteiger partial charge in [-0.15, -0.1) is 0 Å². The summed E-state index contributed by atoms with van der Waals surface area (Å²) in [4.78, 5) is 30.6. The number of carbonyl (C=O) groups excluding carboxylic acids is 1. The largest absolute Gasteiger partial charge is 0.495 e. The van der Waals surface area contributed by atoms with E-state index in [0.717, 1.165) is 0 Å². The van der Waals surface area contributed by atoms with Crippen LogP contribution in [0.1, 0.15) is 41.0 Å². The molecule has 180 valence electrons. The molecule has 1 aromatic heterocycles. The molecule has 1 saturated heterocycles. The van der Waals surface area contributed by atoms with Crippen LogP contribution < -0.4 is 14.2 Å². The van der Waals surface area contributed by atoms with Crippen LogP contribution in [-0.4, -0.2) is 64.6 Å². The summed E-state index contributed by atoms with van der Waals surface area (Å²) in [5.74, 6) is 0.314. The Balaban J connectivity index is 1.98. The highest BCUT2D eigenvalue weighted by Crippen LogP contribution is 2.39. The predicted molar refractivity (Wildman–Crippen MR) is 125 cm³/mol. The summed E-state index contributed by atoms with van der Waals surface area (Å²) in [5, 5.41) is 10.6. The zero-order valence-corrected chi connectivity index (χ0v) is 21.2. The van der Waals surface area contributed by atoms with E-state index in [1.807, 2.05) is 13.0 Å². The Morgan fingerprint density at radius 2 is 1.97 bits per heavy atom. The molecular formula is C23H29BrN2O7. The summed E-state index contributed by atoms with van der Waals surface area (Å²) in [7, 11) is 1.56.